The molecule has 0 atom stereocenters. The summed E-state index contributed by atoms with van der Waals surface area (Å²) in [7, 11) is 0. The van der Waals surface area contributed by atoms with Gasteiger partial charge in [-0.1, -0.05) is 18.2 Å². The number of hydrogen-bond acceptors (Lipinski definition) is 2. The highest BCUT2D eigenvalue weighted by atomic mass is 16.4. The van der Waals surface area contributed by atoms with E-state index < -0.39 is 5.97 Å². The third-order valence-electron chi connectivity index (χ3n) is 2.86. The molecule has 0 unspecified atom stereocenters. The van der Waals surface area contributed by atoms with E-state index in [1.807, 2.05) is 13.0 Å². The zero-order valence-corrected chi connectivity index (χ0v) is 11.5. The number of hydrogen-bond donors (Lipinski definition) is 1. The van der Waals surface area contributed by atoms with Crippen molar-refractivity contribution in [1.82, 2.24) is 0 Å². The van der Waals surface area contributed by atoms with E-state index in [9.17, 15) is 9.90 Å². The molecule has 1 aromatic carbocycles. The van der Waals surface area contributed by atoms with Crippen LogP contribution in [0.2, 0.25) is 0 Å². The SMILES string of the molecule is C=CCN(c1c(C)cccc1C(=O)O)C(C)(C)C. The first-order valence-electron chi connectivity index (χ1n) is 6.00. The third kappa shape index (κ3) is 2.92. The lowest BCUT2D eigenvalue weighted by Crippen LogP contribution is -2.42. The van der Waals surface area contributed by atoms with Crippen molar-refractivity contribution >= 4 is 11.7 Å². The summed E-state index contributed by atoms with van der Waals surface area (Å²) in [5, 5.41) is 9.32. The number of aromatic carboxylic acids is 1. The van der Waals surface area contributed by atoms with E-state index in [1.54, 1.807) is 18.2 Å². The van der Waals surface area contributed by atoms with Crippen LogP contribution in [0.25, 0.3) is 0 Å². The molecule has 0 aromatic heterocycles. The Hall–Kier alpha value is -1.77. The maximum atomic E-state index is 11.4. The molecule has 1 aromatic rings. The molecule has 1 N–H and O–H groups in total. The number of para-hydroxylation sites is 1. The number of benzene rings is 1. The van der Waals surface area contributed by atoms with Gasteiger partial charge in [0.25, 0.3) is 0 Å². The first kappa shape index (κ1) is 14.3. The standard InChI is InChI=1S/C15H21NO2/c1-6-10-16(15(3,4)5)13-11(2)8-7-9-12(13)14(17)18/h6-9H,1,10H2,2-5H3,(H,17,18). The zero-order valence-electron chi connectivity index (χ0n) is 11.5. The largest absolute Gasteiger partial charge is 0.478 e. The monoisotopic (exact) mass is 247 g/mol. The molecule has 0 saturated carbocycles. The molecule has 0 aliphatic heterocycles. The van der Waals surface area contributed by atoms with Crippen molar-refractivity contribution in [3.63, 3.8) is 0 Å². The molecule has 0 amide bonds. The van der Waals surface area contributed by atoms with Crippen LogP contribution in [-0.4, -0.2) is 23.2 Å². The van der Waals surface area contributed by atoms with E-state index in [1.165, 1.54) is 0 Å². The molecular formula is C15H21NO2. The Morgan fingerprint density at radius 1 is 1.44 bits per heavy atom. The molecule has 0 fully saturated rings. The summed E-state index contributed by atoms with van der Waals surface area (Å²) in [5.41, 5.74) is 1.92. The van der Waals surface area contributed by atoms with E-state index in [2.05, 4.69) is 32.3 Å². The molecule has 98 valence electrons. The highest BCUT2D eigenvalue weighted by molar-refractivity contribution is 5.95. The van der Waals surface area contributed by atoms with Crippen LogP contribution < -0.4 is 4.90 Å². The van der Waals surface area contributed by atoms with E-state index >= 15 is 0 Å². The first-order valence-corrected chi connectivity index (χ1v) is 6.00. The van der Waals surface area contributed by atoms with Gasteiger partial charge in [0.15, 0.2) is 0 Å². The van der Waals surface area contributed by atoms with Gasteiger partial charge in [0.05, 0.1) is 11.3 Å². The van der Waals surface area contributed by atoms with Crippen LogP contribution in [0.4, 0.5) is 5.69 Å². The summed E-state index contributed by atoms with van der Waals surface area (Å²) >= 11 is 0. The Morgan fingerprint density at radius 2 is 2.06 bits per heavy atom. The zero-order chi connectivity index (χ0) is 13.9. The molecule has 0 aliphatic rings. The number of carbonyl (C=O) groups is 1. The van der Waals surface area contributed by atoms with Gasteiger partial charge in [0, 0.05) is 12.1 Å². The predicted molar refractivity (Wildman–Crippen MR) is 75.4 cm³/mol. The van der Waals surface area contributed by atoms with Crippen molar-refractivity contribution in [3.05, 3.63) is 42.0 Å². The van der Waals surface area contributed by atoms with Crippen LogP contribution in [0.15, 0.2) is 30.9 Å². The van der Waals surface area contributed by atoms with Crippen LogP contribution >= 0.6 is 0 Å². The summed E-state index contributed by atoms with van der Waals surface area (Å²) < 4.78 is 0. The van der Waals surface area contributed by atoms with Gasteiger partial charge in [0.2, 0.25) is 0 Å². The van der Waals surface area contributed by atoms with Gasteiger partial charge in [-0.15, -0.1) is 6.58 Å². The van der Waals surface area contributed by atoms with Gasteiger partial charge in [0.1, 0.15) is 0 Å². The van der Waals surface area contributed by atoms with E-state index in [-0.39, 0.29) is 5.54 Å². The first-order chi connectivity index (χ1) is 8.29. The highest BCUT2D eigenvalue weighted by Gasteiger charge is 2.26. The number of carboxylic acids is 1. The maximum Gasteiger partial charge on any atom is 0.337 e. The van der Waals surface area contributed by atoms with Gasteiger partial charge in [-0.05, 0) is 39.3 Å². The number of nitrogens with zero attached hydrogens (tertiary/aromatic N) is 1. The molecule has 0 bridgehead atoms. The third-order valence-corrected chi connectivity index (χ3v) is 2.86. The highest BCUT2D eigenvalue weighted by Crippen LogP contribution is 2.30. The van der Waals surface area contributed by atoms with E-state index in [0.29, 0.717) is 12.1 Å². The van der Waals surface area contributed by atoms with Crippen molar-refractivity contribution < 1.29 is 9.90 Å². The quantitative estimate of drug-likeness (QED) is 0.828. The smallest absolute Gasteiger partial charge is 0.337 e. The Labute approximate surface area is 109 Å². The average molecular weight is 247 g/mol. The van der Waals surface area contributed by atoms with Crippen LogP contribution in [-0.2, 0) is 0 Å². The lowest BCUT2D eigenvalue weighted by Gasteiger charge is -2.38. The maximum absolute atomic E-state index is 11.4. The fraction of sp³-hybridized carbons (Fsp3) is 0.400. The van der Waals surface area contributed by atoms with Gasteiger partial charge < -0.3 is 10.0 Å². The molecule has 1 rings (SSSR count). The molecule has 3 heteroatoms. The Balaban J connectivity index is 3.44. The summed E-state index contributed by atoms with van der Waals surface area (Å²) in [4.78, 5) is 13.4. The Morgan fingerprint density at radius 3 is 2.50 bits per heavy atom. The number of carboxylic acid groups (broad SMARTS) is 1. The lowest BCUT2D eigenvalue weighted by atomic mass is 9.99. The van der Waals surface area contributed by atoms with Crippen LogP contribution in [0.3, 0.4) is 0 Å². The lowest BCUT2D eigenvalue weighted by molar-refractivity contribution is 0.0697. The second kappa shape index (κ2) is 5.25. The normalized spacial score (nSPS) is 11.1. The van der Waals surface area contributed by atoms with Crippen molar-refractivity contribution in [3.8, 4) is 0 Å². The van der Waals surface area contributed by atoms with E-state index in [4.69, 9.17) is 0 Å². The van der Waals surface area contributed by atoms with Crippen molar-refractivity contribution in [2.75, 3.05) is 11.4 Å². The number of aryl methyl sites for hydroxylation is 1. The summed E-state index contributed by atoms with van der Waals surface area (Å²) in [6, 6.07) is 5.35. The molecule has 18 heavy (non-hydrogen) atoms. The molecular weight excluding hydrogens is 226 g/mol. The fourth-order valence-electron chi connectivity index (χ4n) is 2.02. The minimum Gasteiger partial charge on any atom is -0.478 e. The summed E-state index contributed by atoms with van der Waals surface area (Å²) in [6.07, 6.45) is 1.79. The second-order valence-corrected chi connectivity index (χ2v) is 5.35. The second-order valence-electron chi connectivity index (χ2n) is 5.35. The number of anilines is 1. The van der Waals surface area contributed by atoms with Gasteiger partial charge >= 0.3 is 5.97 Å². The van der Waals surface area contributed by atoms with Gasteiger partial charge in [-0.25, -0.2) is 4.79 Å². The molecule has 0 aliphatic carbocycles. The molecule has 3 nitrogen and oxygen atoms in total. The minimum absolute atomic E-state index is 0.162. The number of rotatable bonds is 4. The molecule has 0 spiro atoms. The summed E-state index contributed by atoms with van der Waals surface area (Å²) in [6.45, 7) is 12.5. The molecule has 0 heterocycles. The minimum atomic E-state index is -0.896. The molecule has 0 radical (unpaired) electrons. The molecule has 0 saturated heterocycles. The van der Waals surface area contributed by atoms with Gasteiger partial charge in [-0.2, -0.15) is 0 Å². The summed E-state index contributed by atoms with van der Waals surface area (Å²) in [5.74, 6) is -0.896. The van der Waals surface area contributed by atoms with Crippen molar-refractivity contribution in [2.24, 2.45) is 0 Å². The Bertz CT molecular complexity index is 458. The topological polar surface area (TPSA) is 40.5 Å². The van der Waals surface area contributed by atoms with Gasteiger partial charge in [-0.3, -0.25) is 0 Å². The van der Waals surface area contributed by atoms with Crippen molar-refractivity contribution in [2.45, 2.75) is 33.2 Å². The van der Waals surface area contributed by atoms with Crippen molar-refractivity contribution in [1.29, 1.82) is 0 Å². The van der Waals surface area contributed by atoms with E-state index in [0.717, 1.165) is 11.3 Å². The fourth-order valence-corrected chi connectivity index (χ4v) is 2.02. The average Bonchev–Trinajstić information content (AvgIpc) is 2.24. The Kier molecular flexibility index (Phi) is 4.17. The van der Waals surface area contributed by atoms with Crippen LogP contribution in [0.1, 0.15) is 36.7 Å². The predicted octanol–water partition coefficient (Wildman–Crippen LogP) is 3.48. The van der Waals surface area contributed by atoms with Crippen LogP contribution in [0, 0.1) is 6.92 Å². The van der Waals surface area contributed by atoms with Crippen LogP contribution in [0.5, 0.6) is 0 Å².